The van der Waals surface area contributed by atoms with Crippen molar-refractivity contribution in [3.05, 3.63) is 77.5 Å². The van der Waals surface area contributed by atoms with Crippen LogP contribution in [0.15, 0.2) is 60.7 Å². The van der Waals surface area contributed by atoms with Crippen molar-refractivity contribution in [1.82, 2.24) is 4.98 Å². The molecular formula is C28H30F3NO4. The number of benzene rings is 2. The Morgan fingerprint density at radius 1 is 1.03 bits per heavy atom. The van der Waals surface area contributed by atoms with Crippen LogP contribution in [0.1, 0.15) is 56.0 Å². The molecule has 3 aromatic rings. The van der Waals surface area contributed by atoms with Crippen molar-refractivity contribution in [2.75, 3.05) is 13.2 Å². The number of hydrogen-bond acceptors (Lipinski definition) is 5. The number of carbonyl (C=O) groups excluding carboxylic acids is 1. The third-order valence-electron chi connectivity index (χ3n) is 5.50. The lowest BCUT2D eigenvalue weighted by Gasteiger charge is -2.20. The highest BCUT2D eigenvalue weighted by atomic mass is 19.4. The standard InChI is InChI=1S/C28H30F3NO4/c1-4-6-10-26(36-22-15-16-25(19(3)17-22)35-18-27(33)34-5-2)24-9-7-8-23(32-24)20-11-13-21(14-12-20)28(29,30)31/h7-9,11-17,26H,4-6,10,18H2,1-3H3/t26-/m1/s1. The summed E-state index contributed by atoms with van der Waals surface area (Å²) in [5.41, 5.74) is 1.97. The summed E-state index contributed by atoms with van der Waals surface area (Å²) in [4.78, 5) is 16.3. The van der Waals surface area contributed by atoms with Crippen molar-refractivity contribution in [2.45, 2.75) is 52.3 Å². The number of ether oxygens (including phenoxy) is 3. The summed E-state index contributed by atoms with van der Waals surface area (Å²) in [5.74, 6) is 0.748. The van der Waals surface area contributed by atoms with Crippen molar-refractivity contribution in [2.24, 2.45) is 0 Å². The Hall–Kier alpha value is -3.55. The van der Waals surface area contributed by atoms with Crippen molar-refractivity contribution < 1.29 is 32.2 Å². The number of pyridine rings is 1. The minimum Gasteiger partial charge on any atom is -0.484 e. The zero-order chi connectivity index (χ0) is 26.1. The van der Waals surface area contributed by atoms with Gasteiger partial charge in [0.2, 0.25) is 0 Å². The van der Waals surface area contributed by atoms with E-state index in [0.29, 0.717) is 35.1 Å². The van der Waals surface area contributed by atoms with Crippen LogP contribution in [0.5, 0.6) is 11.5 Å². The van der Waals surface area contributed by atoms with Crippen LogP contribution in [0, 0.1) is 6.92 Å². The summed E-state index contributed by atoms with van der Waals surface area (Å²) in [7, 11) is 0. The number of hydrogen-bond donors (Lipinski definition) is 0. The predicted molar refractivity (Wildman–Crippen MR) is 131 cm³/mol. The zero-order valence-corrected chi connectivity index (χ0v) is 20.6. The second kappa shape index (κ2) is 12.4. The average Bonchev–Trinajstić information content (AvgIpc) is 2.86. The molecule has 2 aromatic carbocycles. The smallest absolute Gasteiger partial charge is 0.416 e. The van der Waals surface area contributed by atoms with E-state index in [0.717, 1.165) is 37.0 Å². The SMILES string of the molecule is CCCC[C@@H](Oc1ccc(OCC(=O)OCC)c(C)c1)c1cccc(-c2ccc(C(F)(F)F)cc2)n1. The molecule has 1 heterocycles. The molecule has 0 saturated carbocycles. The van der Waals surface area contributed by atoms with Gasteiger partial charge in [-0.1, -0.05) is 31.5 Å². The Labute approximate surface area is 209 Å². The first-order valence-electron chi connectivity index (χ1n) is 11.9. The van der Waals surface area contributed by atoms with Gasteiger partial charge in [0.1, 0.15) is 17.6 Å². The largest absolute Gasteiger partial charge is 0.484 e. The van der Waals surface area contributed by atoms with Gasteiger partial charge in [0.25, 0.3) is 0 Å². The summed E-state index contributed by atoms with van der Waals surface area (Å²) in [6, 6.07) is 15.8. The topological polar surface area (TPSA) is 57.7 Å². The minimum atomic E-state index is -4.38. The molecule has 1 atom stereocenters. The lowest BCUT2D eigenvalue weighted by molar-refractivity contribution is -0.145. The van der Waals surface area contributed by atoms with Crippen molar-refractivity contribution in [3.63, 3.8) is 0 Å². The molecule has 0 N–H and O–H groups in total. The van der Waals surface area contributed by atoms with Gasteiger partial charge in [-0.25, -0.2) is 9.78 Å². The van der Waals surface area contributed by atoms with Crippen LogP contribution in [0.3, 0.4) is 0 Å². The molecule has 0 aliphatic heterocycles. The normalized spacial score (nSPS) is 12.2. The third-order valence-corrected chi connectivity index (χ3v) is 5.50. The number of aryl methyl sites for hydroxylation is 1. The Balaban J connectivity index is 1.78. The summed E-state index contributed by atoms with van der Waals surface area (Å²) in [6.07, 6.45) is -2.12. The van der Waals surface area contributed by atoms with Gasteiger partial charge in [0.15, 0.2) is 6.61 Å². The molecule has 1 aromatic heterocycles. The van der Waals surface area contributed by atoms with Crippen molar-refractivity contribution in [1.29, 1.82) is 0 Å². The maximum atomic E-state index is 12.9. The maximum Gasteiger partial charge on any atom is 0.416 e. The predicted octanol–water partition coefficient (Wildman–Crippen LogP) is 7.33. The summed E-state index contributed by atoms with van der Waals surface area (Å²) in [5, 5.41) is 0. The second-order valence-corrected chi connectivity index (χ2v) is 8.29. The highest BCUT2D eigenvalue weighted by Crippen LogP contribution is 2.32. The molecule has 0 aliphatic carbocycles. The van der Waals surface area contributed by atoms with Crippen LogP contribution in [-0.4, -0.2) is 24.2 Å². The molecule has 0 unspecified atom stereocenters. The second-order valence-electron chi connectivity index (χ2n) is 8.29. The van der Waals surface area contributed by atoms with Crippen molar-refractivity contribution in [3.8, 4) is 22.8 Å². The lowest BCUT2D eigenvalue weighted by Crippen LogP contribution is -2.15. The van der Waals surface area contributed by atoms with Crippen LogP contribution >= 0.6 is 0 Å². The fourth-order valence-electron chi connectivity index (χ4n) is 3.64. The van der Waals surface area contributed by atoms with Gasteiger partial charge in [0, 0.05) is 5.56 Å². The summed E-state index contributed by atoms with van der Waals surface area (Å²) < 4.78 is 55.5. The molecule has 192 valence electrons. The van der Waals surface area contributed by atoms with Gasteiger partial charge < -0.3 is 14.2 Å². The van der Waals surface area contributed by atoms with Crippen LogP contribution < -0.4 is 9.47 Å². The van der Waals surface area contributed by atoms with E-state index in [4.69, 9.17) is 19.2 Å². The van der Waals surface area contributed by atoms with Crippen LogP contribution in [0.2, 0.25) is 0 Å². The van der Waals surface area contributed by atoms with E-state index in [9.17, 15) is 18.0 Å². The maximum absolute atomic E-state index is 12.9. The fraction of sp³-hybridized carbons (Fsp3) is 0.357. The van der Waals surface area contributed by atoms with Gasteiger partial charge in [-0.05, 0) is 74.7 Å². The molecule has 0 fully saturated rings. The van der Waals surface area contributed by atoms with Gasteiger partial charge in [0.05, 0.1) is 23.6 Å². The van der Waals surface area contributed by atoms with E-state index in [1.807, 2.05) is 25.1 Å². The van der Waals surface area contributed by atoms with Crippen LogP contribution in [-0.2, 0) is 15.7 Å². The molecule has 5 nitrogen and oxygen atoms in total. The molecule has 0 aliphatic rings. The molecule has 0 bridgehead atoms. The number of halogens is 3. The van der Waals surface area contributed by atoms with E-state index >= 15 is 0 Å². The van der Waals surface area contributed by atoms with Gasteiger partial charge in [-0.15, -0.1) is 0 Å². The van der Waals surface area contributed by atoms with Gasteiger partial charge in [-0.2, -0.15) is 13.2 Å². The highest BCUT2D eigenvalue weighted by Gasteiger charge is 2.30. The number of aromatic nitrogens is 1. The number of unbranched alkanes of at least 4 members (excludes halogenated alkanes) is 1. The fourth-order valence-corrected chi connectivity index (χ4v) is 3.64. The highest BCUT2D eigenvalue weighted by molar-refractivity contribution is 5.71. The number of rotatable bonds is 11. The average molecular weight is 502 g/mol. The molecule has 0 spiro atoms. The Morgan fingerprint density at radius 2 is 1.78 bits per heavy atom. The molecule has 0 saturated heterocycles. The van der Waals surface area contributed by atoms with Crippen LogP contribution in [0.25, 0.3) is 11.3 Å². The number of carbonyl (C=O) groups is 1. The quantitative estimate of drug-likeness (QED) is 0.258. The molecular weight excluding hydrogens is 471 g/mol. The molecule has 3 rings (SSSR count). The number of alkyl halides is 3. The third kappa shape index (κ3) is 7.47. The van der Waals surface area contributed by atoms with E-state index in [2.05, 4.69) is 6.92 Å². The summed E-state index contributed by atoms with van der Waals surface area (Å²) in [6.45, 7) is 5.80. The minimum absolute atomic E-state index is 0.172. The van der Waals surface area contributed by atoms with Crippen LogP contribution in [0.4, 0.5) is 13.2 Å². The Morgan fingerprint density at radius 3 is 2.42 bits per heavy atom. The first kappa shape index (κ1) is 27.0. The molecule has 0 amide bonds. The monoisotopic (exact) mass is 501 g/mol. The Kier molecular flexibility index (Phi) is 9.33. The van der Waals surface area contributed by atoms with E-state index in [1.54, 1.807) is 25.1 Å². The number of nitrogens with zero attached hydrogens (tertiary/aromatic N) is 1. The van der Waals surface area contributed by atoms with Gasteiger partial charge in [-0.3, -0.25) is 0 Å². The van der Waals surface area contributed by atoms with Gasteiger partial charge >= 0.3 is 12.1 Å². The first-order chi connectivity index (χ1) is 17.2. The number of esters is 1. The molecule has 0 radical (unpaired) electrons. The van der Waals surface area contributed by atoms with E-state index in [-0.39, 0.29) is 12.7 Å². The molecule has 36 heavy (non-hydrogen) atoms. The van der Waals surface area contributed by atoms with E-state index < -0.39 is 17.7 Å². The molecule has 8 heteroatoms. The van der Waals surface area contributed by atoms with Crippen molar-refractivity contribution >= 4 is 5.97 Å². The first-order valence-corrected chi connectivity index (χ1v) is 11.9. The van der Waals surface area contributed by atoms with E-state index in [1.165, 1.54) is 12.1 Å². The zero-order valence-electron chi connectivity index (χ0n) is 20.6. The Bertz CT molecular complexity index is 1150. The lowest BCUT2D eigenvalue weighted by atomic mass is 10.1. The summed E-state index contributed by atoms with van der Waals surface area (Å²) >= 11 is 0.